The highest BCUT2D eigenvalue weighted by molar-refractivity contribution is 7.98. The van der Waals surface area contributed by atoms with E-state index in [1.165, 1.54) is 12.1 Å². The van der Waals surface area contributed by atoms with Crippen LogP contribution in [-0.2, 0) is 5.75 Å². The van der Waals surface area contributed by atoms with E-state index in [0.29, 0.717) is 0 Å². The maximum atomic E-state index is 13.0. The van der Waals surface area contributed by atoms with Crippen LogP contribution in [0.5, 0.6) is 0 Å². The molecule has 2 aromatic heterocycles. The van der Waals surface area contributed by atoms with Gasteiger partial charge in [-0.3, -0.25) is 4.57 Å². The van der Waals surface area contributed by atoms with E-state index in [0.717, 1.165) is 33.6 Å². The molecule has 0 aliphatic heterocycles. The summed E-state index contributed by atoms with van der Waals surface area (Å²) >= 11 is 1.59. The van der Waals surface area contributed by atoms with E-state index in [9.17, 15) is 4.39 Å². The summed E-state index contributed by atoms with van der Waals surface area (Å²) in [5.41, 5.74) is 2.01. The molecule has 0 saturated heterocycles. The van der Waals surface area contributed by atoms with E-state index in [1.54, 1.807) is 30.2 Å². The van der Waals surface area contributed by atoms with Crippen molar-refractivity contribution in [1.29, 1.82) is 0 Å². The molecule has 0 N–H and O–H groups in total. The number of nitrogens with zero attached hydrogens (tertiary/aromatic N) is 3. The number of thioether (sulfide) groups is 1. The van der Waals surface area contributed by atoms with Gasteiger partial charge in [0.1, 0.15) is 11.6 Å². The Bertz CT molecular complexity index is 793. The fourth-order valence-electron chi connectivity index (χ4n) is 2.37. The predicted octanol–water partition coefficient (Wildman–Crippen LogP) is 4.86. The summed E-state index contributed by atoms with van der Waals surface area (Å²) in [4.78, 5) is 0. The van der Waals surface area contributed by atoms with Crippen molar-refractivity contribution in [3.63, 3.8) is 0 Å². The van der Waals surface area contributed by atoms with Gasteiger partial charge in [0.15, 0.2) is 11.0 Å². The molecule has 0 radical (unpaired) electrons. The van der Waals surface area contributed by atoms with Gasteiger partial charge in [0.05, 0.1) is 11.8 Å². The van der Waals surface area contributed by atoms with Crippen LogP contribution in [0.1, 0.15) is 31.2 Å². The molecule has 0 atom stereocenters. The van der Waals surface area contributed by atoms with Gasteiger partial charge in [0.2, 0.25) is 0 Å². The Kier molecular flexibility index (Phi) is 4.52. The van der Waals surface area contributed by atoms with E-state index < -0.39 is 0 Å². The van der Waals surface area contributed by atoms with Gasteiger partial charge >= 0.3 is 0 Å². The first kappa shape index (κ1) is 15.8. The van der Waals surface area contributed by atoms with Gasteiger partial charge < -0.3 is 4.42 Å². The topological polar surface area (TPSA) is 43.9 Å². The standard InChI is InChI=1S/C17H18FN3OS/c1-11(2)21-16(15-8-9-22-12(15)3)19-20-17(21)23-10-13-4-6-14(18)7-5-13/h4-9,11H,10H2,1-3H3. The Morgan fingerprint density at radius 2 is 1.91 bits per heavy atom. The van der Waals surface area contributed by atoms with Gasteiger partial charge in [0, 0.05) is 11.8 Å². The minimum atomic E-state index is -0.221. The molecule has 0 aliphatic carbocycles. The number of furan rings is 1. The molecule has 0 bridgehead atoms. The van der Waals surface area contributed by atoms with Crippen molar-refractivity contribution in [2.24, 2.45) is 0 Å². The van der Waals surface area contributed by atoms with Gasteiger partial charge in [0.25, 0.3) is 0 Å². The van der Waals surface area contributed by atoms with Crippen LogP contribution < -0.4 is 0 Å². The normalized spacial score (nSPS) is 11.3. The average Bonchev–Trinajstić information content (AvgIpc) is 3.12. The maximum Gasteiger partial charge on any atom is 0.192 e. The monoisotopic (exact) mass is 331 g/mol. The van der Waals surface area contributed by atoms with Gasteiger partial charge in [-0.2, -0.15) is 0 Å². The summed E-state index contributed by atoms with van der Waals surface area (Å²) in [5.74, 6) is 2.14. The molecule has 4 nitrogen and oxygen atoms in total. The first-order valence-electron chi connectivity index (χ1n) is 7.43. The van der Waals surface area contributed by atoms with E-state index in [2.05, 4.69) is 28.6 Å². The van der Waals surface area contributed by atoms with Crippen molar-refractivity contribution in [3.8, 4) is 11.4 Å². The van der Waals surface area contributed by atoms with Crippen molar-refractivity contribution < 1.29 is 8.81 Å². The Labute approximate surface area is 138 Å². The van der Waals surface area contributed by atoms with Crippen LogP contribution in [0, 0.1) is 12.7 Å². The highest BCUT2D eigenvalue weighted by Gasteiger charge is 2.19. The second-order valence-electron chi connectivity index (χ2n) is 5.58. The molecule has 120 valence electrons. The number of hydrogen-bond acceptors (Lipinski definition) is 4. The number of aryl methyl sites for hydroxylation is 1. The van der Waals surface area contributed by atoms with Crippen molar-refractivity contribution in [2.45, 2.75) is 37.7 Å². The van der Waals surface area contributed by atoms with Crippen LogP contribution in [0.3, 0.4) is 0 Å². The Hall–Kier alpha value is -2.08. The maximum absolute atomic E-state index is 13.0. The molecular formula is C17H18FN3OS. The lowest BCUT2D eigenvalue weighted by atomic mass is 10.2. The minimum absolute atomic E-state index is 0.221. The van der Waals surface area contributed by atoms with Crippen molar-refractivity contribution in [2.75, 3.05) is 0 Å². The van der Waals surface area contributed by atoms with Crippen molar-refractivity contribution >= 4 is 11.8 Å². The highest BCUT2D eigenvalue weighted by Crippen LogP contribution is 2.31. The molecule has 0 fully saturated rings. The predicted molar refractivity (Wildman–Crippen MR) is 88.8 cm³/mol. The Balaban J connectivity index is 1.86. The summed E-state index contributed by atoms with van der Waals surface area (Å²) in [6, 6.07) is 8.67. The smallest absolute Gasteiger partial charge is 0.192 e. The fourth-order valence-corrected chi connectivity index (χ4v) is 3.39. The summed E-state index contributed by atoms with van der Waals surface area (Å²) < 4.78 is 20.5. The molecule has 0 spiro atoms. The number of halogens is 1. The third kappa shape index (κ3) is 3.32. The van der Waals surface area contributed by atoms with Crippen LogP contribution in [-0.4, -0.2) is 14.8 Å². The van der Waals surface area contributed by atoms with E-state index in [-0.39, 0.29) is 11.9 Å². The molecule has 6 heteroatoms. The largest absolute Gasteiger partial charge is 0.469 e. The van der Waals surface area contributed by atoms with Crippen LogP contribution in [0.25, 0.3) is 11.4 Å². The van der Waals surface area contributed by atoms with Gasteiger partial charge in [-0.05, 0) is 44.5 Å². The zero-order valence-corrected chi connectivity index (χ0v) is 14.1. The third-order valence-corrected chi connectivity index (χ3v) is 4.58. The molecule has 0 saturated carbocycles. The second kappa shape index (κ2) is 6.58. The van der Waals surface area contributed by atoms with Crippen LogP contribution in [0.15, 0.2) is 46.2 Å². The Morgan fingerprint density at radius 3 is 2.52 bits per heavy atom. The molecule has 0 amide bonds. The average molecular weight is 331 g/mol. The molecule has 3 aromatic rings. The number of aromatic nitrogens is 3. The van der Waals surface area contributed by atoms with Gasteiger partial charge in [-0.15, -0.1) is 10.2 Å². The van der Waals surface area contributed by atoms with Crippen LogP contribution in [0.4, 0.5) is 4.39 Å². The number of rotatable bonds is 5. The SMILES string of the molecule is Cc1occc1-c1nnc(SCc2ccc(F)cc2)n1C(C)C. The lowest BCUT2D eigenvalue weighted by Crippen LogP contribution is -2.05. The first-order valence-corrected chi connectivity index (χ1v) is 8.41. The van der Waals surface area contributed by atoms with E-state index in [4.69, 9.17) is 4.42 Å². The molecular weight excluding hydrogens is 313 g/mol. The quantitative estimate of drug-likeness (QED) is 0.626. The number of benzene rings is 1. The fraction of sp³-hybridized carbons (Fsp3) is 0.294. The zero-order chi connectivity index (χ0) is 16.4. The lowest BCUT2D eigenvalue weighted by Gasteiger charge is -2.13. The summed E-state index contributed by atoms with van der Waals surface area (Å²) in [5, 5.41) is 9.51. The van der Waals surface area contributed by atoms with E-state index >= 15 is 0 Å². The highest BCUT2D eigenvalue weighted by atomic mass is 32.2. The minimum Gasteiger partial charge on any atom is -0.469 e. The van der Waals surface area contributed by atoms with E-state index in [1.807, 2.05) is 13.0 Å². The summed E-state index contributed by atoms with van der Waals surface area (Å²) in [7, 11) is 0. The van der Waals surface area contributed by atoms with Crippen molar-refractivity contribution in [1.82, 2.24) is 14.8 Å². The Morgan fingerprint density at radius 1 is 1.17 bits per heavy atom. The lowest BCUT2D eigenvalue weighted by molar-refractivity contribution is 0.531. The molecule has 23 heavy (non-hydrogen) atoms. The molecule has 1 aromatic carbocycles. The summed E-state index contributed by atoms with van der Waals surface area (Å²) in [6.45, 7) is 6.12. The van der Waals surface area contributed by atoms with Gasteiger partial charge in [-0.25, -0.2) is 4.39 Å². The molecule has 0 aliphatic rings. The molecule has 2 heterocycles. The van der Waals surface area contributed by atoms with Gasteiger partial charge in [-0.1, -0.05) is 23.9 Å². The first-order chi connectivity index (χ1) is 11.1. The van der Waals surface area contributed by atoms with Crippen LogP contribution >= 0.6 is 11.8 Å². The summed E-state index contributed by atoms with van der Waals surface area (Å²) in [6.07, 6.45) is 1.66. The number of hydrogen-bond donors (Lipinski definition) is 0. The molecule has 3 rings (SSSR count). The molecule has 0 unspecified atom stereocenters. The zero-order valence-electron chi connectivity index (χ0n) is 13.3. The van der Waals surface area contributed by atoms with Crippen molar-refractivity contribution in [3.05, 3.63) is 53.7 Å². The third-order valence-electron chi connectivity index (χ3n) is 3.56. The second-order valence-corrected chi connectivity index (χ2v) is 6.52. The van der Waals surface area contributed by atoms with Crippen LogP contribution in [0.2, 0.25) is 0 Å².